The number of para-hydroxylation sites is 1. The molecule has 20 heavy (non-hydrogen) atoms. The average Bonchev–Trinajstić information content (AvgIpc) is 2.78. The number of hydrogen-bond donors (Lipinski definition) is 0. The monoisotopic (exact) mass is 266 g/mol. The third-order valence-electron chi connectivity index (χ3n) is 3.96. The van der Waals surface area contributed by atoms with Crippen molar-refractivity contribution in [3.05, 3.63) is 41.1 Å². The molecule has 0 aliphatic heterocycles. The number of ether oxygens (including phenoxy) is 1. The number of fused-ring (bicyclic) bond motifs is 3. The molecule has 1 heterocycles. The molecule has 1 aromatic heterocycles. The Morgan fingerprint density at radius 2 is 2.20 bits per heavy atom. The van der Waals surface area contributed by atoms with E-state index in [0.29, 0.717) is 12.0 Å². The van der Waals surface area contributed by atoms with Crippen LogP contribution in [0.5, 0.6) is 0 Å². The first-order chi connectivity index (χ1) is 9.67. The highest BCUT2D eigenvalue weighted by atomic mass is 16.5. The molecule has 4 nitrogen and oxygen atoms in total. The zero-order valence-electron chi connectivity index (χ0n) is 11.4. The Bertz CT molecular complexity index is 778. The Morgan fingerprint density at radius 1 is 1.45 bits per heavy atom. The van der Waals surface area contributed by atoms with E-state index in [-0.39, 0.29) is 5.97 Å². The van der Waals surface area contributed by atoms with Gasteiger partial charge in [-0.25, -0.2) is 0 Å². The summed E-state index contributed by atoms with van der Waals surface area (Å²) in [7, 11) is 3.34. The fourth-order valence-electron chi connectivity index (χ4n) is 2.91. The Labute approximate surface area is 116 Å². The molecule has 0 saturated carbocycles. The van der Waals surface area contributed by atoms with Crippen LogP contribution < -0.4 is 0 Å². The number of carbonyl (C=O) groups is 1. The summed E-state index contributed by atoms with van der Waals surface area (Å²) in [5.41, 5.74) is 3.69. The number of hydrogen-bond acceptors (Lipinski definition) is 3. The lowest BCUT2D eigenvalue weighted by Crippen LogP contribution is -2.24. The fraction of sp³-hybridized carbons (Fsp3) is 0.250. The molecule has 1 aromatic carbocycles. The van der Waals surface area contributed by atoms with Gasteiger partial charge in [-0.05, 0) is 12.1 Å². The zero-order valence-corrected chi connectivity index (χ0v) is 11.4. The van der Waals surface area contributed by atoms with Crippen molar-refractivity contribution in [2.45, 2.75) is 6.42 Å². The van der Waals surface area contributed by atoms with Crippen molar-refractivity contribution in [1.82, 2.24) is 4.57 Å². The first kappa shape index (κ1) is 12.5. The van der Waals surface area contributed by atoms with Crippen molar-refractivity contribution in [3.8, 4) is 6.07 Å². The van der Waals surface area contributed by atoms with Crippen LogP contribution in [-0.4, -0.2) is 17.6 Å². The van der Waals surface area contributed by atoms with E-state index in [0.717, 1.165) is 22.2 Å². The number of esters is 1. The van der Waals surface area contributed by atoms with Crippen LogP contribution in [0.4, 0.5) is 0 Å². The van der Waals surface area contributed by atoms with E-state index < -0.39 is 5.92 Å². The van der Waals surface area contributed by atoms with Crippen molar-refractivity contribution in [3.63, 3.8) is 0 Å². The van der Waals surface area contributed by atoms with Crippen molar-refractivity contribution in [2.75, 3.05) is 7.11 Å². The van der Waals surface area contributed by atoms with Crippen LogP contribution in [0.1, 0.15) is 11.3 Å². The van der Waals surface area contributed by atoms with Gasteiger partial charge < -0.3 is 9.30 Å². The van der Waals surface area contributed by atoms with E-state index >= 15 is 0 Å². The molecule has 1 aliphatic carbocycles. The molecule has 0 saturated heterocycles. The first-order valence-electron chi connectivity index (χ1n) is 6.43. The molecular weight excluding hydrogens is 252 g/mol. The van der Waals surface area contributed by atoms with Gasteiger partial charge in [0.25, 0.3) is 0 Å². The summed E-state index contributed by atoms with van der Waals surface area (Å²) in [6.45, 7) is 0. The summed E-state index contributed by atoms with van der Waals surface area (Å²) >= 11 is 0. The quantitative estimate of drug-likeness (QED) is 0.745. The van der Waals surface area contributed by atoms with Crippen LogP contribution in [0.3, 0.4) is 0 Å². The van der Waals surface area contributed by atoms with Crippen LogP contribution in [0.15, 0.2) is 29.8 Å². The predicted molar refractivity (Wildman–Crippen MR) is 75.7 cm³/mol. The summed E-state index contributed by atoms with van der Waals surface area (Å²) in [6.07, 6.45) is 2.33. The van der Waals surface area contributed by atoms with Gasteiger partial charge in [0, 0.05) is 41.2 Å². The number of carbonyl (C=O) groups excluding carboxylic acids is 1. The number of aryl methyl sites for hydroxylation is 1. The van der Waals surface area contributed by atoms with Crippen LogP contribution >= 0.6 is 0 Å². The van der Waals surface area contributed by atoms with Crippen molar-refractivity contribution < 1.29 is 9.53 Å². The lowest BCUT2D eigenvalue weighted by molar-refractivity contribution is -0.143. The molecule has 0 spiro atoms. The third kappa shape index (κ3) is 1.64. The molecule has 100 valence electrons. The van der Waals surface area contributed by atoms with Gasteiger partial charge in [-0.2, -0.15) is 5.26 Å². The summed E-state index contributed by atoms with van der Waals surface area (Å²) in [6, 6.07) is 10.2. The van der Waals surface area contributed by atoms with Crippen LogP contribution in [0, 0.1) is 17.2 Å². The second-order valence-electron chi connectivity index (χ2n) is 4.93. The van der Waals surface area contributed by atoms with E-state index in [1.165, 1.54) is 7.11 Å². The van der Waals surface area contributed by atoms with Gasteiger partial charge in [0.2, 0.25) is 0 Å². The van der Waals surface area contributed by atoms with Gasteiger partial charge in [-0.15, -0.1) is 0 Å². The smallest absolute Gasteiger partial charge is 0.314 e. The van der Waals surface area contributed by atoms with Gasteiger partial charge in [0.1, 0.15) is 0 Å². The van der Waals surface area contributed by atoms with E-state index in [1.54, 1.807) is 0 Å². The lowest BCUT2D eigenvalue weighted by Gasteiger charge is -2.19. The second-order valence-corrected chi connectivity index (χ2v) is 4.93. The number of aromatic nitrogens is 1. The maximum Gasteiger partial charge on any atom is 0.314 e. The van der Waals surface area contributed by atoms with E-state index in [2.05, 4.69) is 10.6 Å². The maximum atomic E-state index is 11.8. The van der Waals surface area contributed by atoms with Crippen LogP contribution in [0.25, 0.3) is 17.0 Å². The van der Waals surface area contributed by atoms with Crippen molar-refractivity contribution >= 4 is 22.9 Å². The predicted octanol–water partition coefficient (Wildman–Crippen LogP) is 2.43. The SMILES string of the molecule is COC(=O)C1Cc2c(c3ccccc3n2C)C=C1C#N. The van der Waals surface area contributed by atoms with Crippen molar-refractivity contribution in [1.29, 1.82) is 5.26 Å². The largest absolute Gasteiger partial charge is 0.469 e. The minimum absolute atomic E-state index is 0.353. The molecule has 1 aliphatic rings. The molecular formula is C16H14N2O2. The minimum atomic E-state index is -0.500. The molecule has 1 atom stereocenters. The lowest BCUT2D eigenvalue weighted by atomic mass is 9.86. The highest BCUT2D eigenvalue weighted by Gasteiger charge is 2.31. The van der Waals surface area contributed by atoms with Gasteiger partial charge in [-0.3, -0.25) is 4.79 Å². The highest BCUT2D eigenvalue weighted by Crippen LogP contribution is 2.35. The van der Waals surface area contributed by atoms with Gasteiger partial charge in [0.15, 0.2) is 0 Å². The summed E-state index contributed by atoms with van der Waals surface area (Å²) in [5, 5.41) is 10.4. The average molecular weight is 266 g/mol. The van der Waals surface area contributed by atoms with E-state index in [9.17, 15) is 10.1 Å². The summed E-state index contributed by atoms with van der Waals surface area (Å²) < 4.78 is 6.90. The Kier molecular flexibility index (Phi) is 2.83. The molecule has 0 radical (unpaired) electrons. The van der Waals surface area contributed by atoms with Gasteiger partial charge in [0.05, 0.1) is 19.1 Å². The molecule has 4 heteroatoms. The van der Waals surface area contributed by atoms with E-state index in [4.69, 9.17) is 4.74 Å². The van der Waals surface area contributed by atoms with Crippen LogP contribution in [0.2, 0.25) is 0 Å². The number of rotatable bonds is 1. The number of nitriles is 1. The Morgan fingerprint density at radius 3 is 2.90 bits per heavy atom. The minimum Gasteiger partial charge on any atom is -0.469 e. The first-order valence-corrected chi connectivity index (χ1v) is 6.43. The molecule has 2 aromatic rings. The molecule has 3 rings (SSSR count). The zero-order chi connectivity index (χ0) is 14.3. The third-order valence-corrected chi connectivity index (χ3v) is 3.96. The molecule has 0 N–H and O–H groups in total. The van der Waals surface area contributed by atoms with Gasteiger partial charge in [-0.1, -0.05) is 18.2 Å². The Hall–Kier alpha value is -2.54. The number of methoxy groups -OCH3 is 1. The van der Waals surface area contributed by atoms with E-state index in [1.807, 2.05) is 37.4 Å². The topological polar surface area (TPSA) is 55.0 Å². The van der Waals surface area contributed by atoms with Crippen LogP contribution in [-0.2, 0) is 23.0 Å². The number of nitrogens with zero attached hydrogens (tertiary/aromatic N) is 2. The molecule has 1 unspecified atom stereocenters. The highest BCUT2D eigenvalue weighted by molar-refractivity contribution is 5.94. The molecule has 0 fully saturated rings. The maximum absolute atomic E-state index is 11.8. The summed E-state index contributed by atoms with van der Waals surface area (Å²) in [5.74, 6) is -0.853. The standard InChI is InChI=1S/C16H14N2O2/c1-18-14-6-4-3-5-11(14)13-7-10(9-17)12(8-15(13)18)16(19)20-2/h3-7,12H,8H2,1-2H3. The second kappa shape index (κ2) is 4.53. The van der Waals surface area contributed by atoms with Gasteiger partial charge >= 0.3 is 5.97 Å². The molecule has 0 amide bonds. The number of benzene rings is 1. The Balaban J connectivity index is 2.24. The molecule has 0 bridgehead atoms. The fourth-order valence-corrected chi connectivity index (χ4v) is 2.91. The summed E-state index contributed by atoms with van der Waals surface area (Å²) in [4.78, 5) is 11.8. The normalized spacial score (nSPS) is 17.2. The van der Waals surface area contributed by atoms with Crippen molar-refractivity contribution in [2.24, 2.45) is 13.0 Å².